The molecule has 0 atom stereocenters. The van der Waals surface area contributed by atoms with Crippen LogP contribution in [0.2, 0.25) is 0 Å². The van der Waals surface area contributed by atoms with E-state index in [9.17, 15) is 0 Å². The van der Waals surface area contributed by atoms with E-state index in [4.69, 9.17) is 4.74 Å². The van der Waals surface area contributed by atoms with Gasteiger partial charge in [-0.05, 0) is 52.6 Å². The summed E-state index contributed by atoms with van der Waals surface area (Å²) in [6.07, 6.45) is 6.40. The fourth-order valence-electron chi connectivity index (χ4n) is 3.98. The summed E-state index contributed by atoms with van der Waals surface area (Å²) in [6.45, 7) is 10.5. The summed E-state index contributed by atoms with van der Waals surface area (Å²) in [6, 6.07) is 0. The number of ether oxygens (including phenoxy) is 1. The highest BCUT2D eigenvalue weighted by Gasteiger charge is 2.38. The summed E-state index contributed by atoms with van der Waals surface area (Å²) in [4.78, 5) is 2.74. The average molecular weight is 306 g/mol. The molecule has 5 heteroatoms. The largest absolute Gasteiger partial charge is 0.381 e. The number of aromatic nitrogens is 2. The zero-order chi connectivity index (χ0) is 15.4. The van der Waals surface area contributed by atoms with Gasteiger partial charge in [-0.25, -0.2) is 0 Å². The van der Waals surface area contributed by atoms with Gasteiger partial charge in [0.2, 0.25) is 0 Å². The smallest absolute Gasteiger partial charge is 0.0638 e. The Morgan fingerprint density at radius 1 is 1.18 bits per heavy atom. The van der Waals surface area contributed by atoms with Crippen molar-refractivity contribution >= 4 is 0 Å². The van der Waals surface area contributed by atoms with Crippen LogP contribution in [-0.2, 0) is 11.3 Å². The van der Waals surface area contributed by atoms with Crippen LogP contribution in [0.1, 0.15) is 49.1 Å². The molecule has 0 aliphatic carbocycles. The third kappa shape index (κ3) is 3.36. The molecular formula is C17H30N4O. The van der Waals surface area contributed by atoms with Crippen LogP contribution < -0.4 is 5.32 Å². The molecule has 5 nitrogen and oxygen atoms in total. The number of likely N-dealkylation sites (tertiary alicyclic amines) is 1. The molecule has 2 N–H and O–H groups in total. The molecule has 2 saturated heterocycles. The van der Waals surface area contributed by atoms with Gasteiger partial charge in [-0.2, -0.15) is 5.10 Å². The lowest BCUT2D eigenvalue weighted by Gasteiger charge is -2.48. The van der Waals surface area contributed by atoms with Gasteiger partial charge in [0, 0.05) is 43.1 Å². The Morgan fingerprint density at radius 2 is 1.91 bits per heavy atom. The number of H-pyrrole nitrogens is 1. The minimum Gasteiger partial charge on any atom is -0.381 e. The van der Waals surface area contributed by atoms with Crippen LogP contribution in [0.3, 0.4) is 0 Å². The average Bonchev–Trinajstić information content (AvgIpc) is 2.88. The number of hydrogen-bond donors (Lipinski definition) is 2. The molecule has 1 aromatic heterocycles. The van der Waals surface area contributed by atoms with Crippen molar-refractivity contribution in [2.75, 3.05) is 32.8 Å². The van der Waals surface area contributed by atoms with Gasteiger partial charge in [0.15, 0.2) is 0 Å². The van der Waals surface area contributed by atoms with E-state index in [2.05, 4.69) is 34.3 Å². The van der Waals surface area contributed by atoms with Crippen LogP contribution >= 0.6 is 0 Å². The Hall–Kier alpha value is -0.910. The lowest BCUT2D eigenvalue weighted by molar-refractivity contribution is -0.0358. The molecule has 3 heterocycles. The van der Waals surface area contributed by atoms with Crippen LogP contribution in [0.25, 0.3) is 0 Å². The second kappa shape index (κ2) is 7.11. The summed E-state index contributed by atoms with van der Waals surface area (Å²) in [5.74, 6) is 0. The minimum atomic E-state index is 0.296. The summed E-state index contributed by atoms with van der Waals surface area (Å²) in [5.41, 5.74) is 3.92. The summed E-state index contributed by atoms with van der Waals surface area (Å²) < 4.78 is 5.64. The van der Waals surface area contributed by atoms with Crippen molar-refractivity contribution in [2.45, 2.75) is 58.0 Å². The Bertz CT molecular complexity index is 454. The molecule has 0 unspecified atom stereocenters. The molecule has 0 radical (unpaired) electrons. The Kier molecular flexibility index (Phi) is 5.16. The van der Waals surface area contributed by atoms with Crippen molar-refractivity contribution in [1.82, 2.24) is 20.4 Å². The third-order valence-electron chi connectivity index (χ3n) is 5.49. The standard InChI is InChI=1S/C17H30N4O/c1-14-16(15(2)20-19-14)12-18-13-17(6-10-22-11-7-17)21-8-4-3-5-9-21/h18H,3-13H2,1-2H3,(H,19,20). The molecule has 0 aromatic carbocycles. The van der Waals surface area contributed by atoms with Crippen molar-refractivity contribution in [3.63, 3.8) is 0 Å². The van der Waals surface area contributed by atoms with E-state index in [1.165, 1.54) is 43.6 Å². The molecule has 124 valence electrons. The van der Waals surface area contributed by atoms with E-state index in [1.54, 1.807) is 0 Å². The number of nitrogens with one attached hydrogen (secondary N) is 2. The highest BCUT2D eigenvalue weighted by atomic mass is 16.5. The van der Waals surface area contributed by atoms with E-state index in [0.29, 0.717) is 5.54 Å². The Morgan fingerprint density at radius 3 is 2.55 bits per heavy atom. The van der Waals surface area contributed by atoms with Gasteiger partial charge < -0.3 is 10.1 Å². The summed E-state index contributed by atoms with van der Waals surface area (Å²) >= 11 is 0. The molecule has 2 aliphatic rings. The zero-order valence-electron chi connectivity index (χ0n) is 14.1. The molecule has 1 aromatic rings. The normalized spacial score (nSPS) is 22.8. The predicted molar refractivity (Wildman–Crippen MR) is 88.0 cm³/mol. The summed E-state index contributed by atoms with van der Waals surface area (Å²) in [5, 5.41) is 11.1. The van der Waals surface area contributed by atoms with Crippen molar-refractivity contribution in [2.24, 2.45) is 0 Å². The first-order chi connectivity index (χ1) is 10.7. The topological polar surface area (TPSA) is 53.2 Å². The second-order valence-electron chi connectivity index (χ2n) is 6.90. The highest BCUT2D eigenvalue weighted by Crippen LogP contribution is 2.30. The maximum Gasteiger partial charge on any atom is 0.0638 e. The maximum absolute atomic E-state index is 5.64. The van der Waals surface area contributed by atoms with Gasteiger partial charge in [0.05, 0.1) is 5.69 Å². The lowest BCUT2D eigenvalue weighted by atomic mass is 9.86. The van der Waals surface area contributed by atoms with E-state index >= 15 is 0 Å². The number of aromatic amines is 1. The minimum absolute atomic E-state index is 0.296. The zero-order valence-corrected chi connectivity index (χ0v) is 14.1. The van der Waals surface area contributed by atoms with Crippen LogP contribution in [0.4, 0.5) is 0 Å². The summed E-state index contributed by atoms with van der Waals surface area (Å²) in [7, 11) is 0. The molecule has 0 amide bonds. The van der Waals surface area contributed by atoms with Crippen LogP contribution in [0.5, 0.6) is 0 Å². The number of nitrogens with zero attached hydrogens (tertiary/aromatic N) is 2. The molecule has 3 rings (SSSR count). The van der Waals surface area contributed by atoms with Crippen molar-refractivity contribution in [3.05, 3.63) is 17.0 Å². The van der Waals surface area contributed by atoms with Gasteiger partial charge >= 0.3 is 0 Å². The van der Waals surface area contributed by atoms with Gasteiger partial charge in [-0.1, -0.05) is 6.42 Å². The van der Waals surface area contributed by atoms with Crippen molar-refractivity contribution < 1.29 is 4.74 Å². The van der Waals surface area contributed by atoms with E-state index in [1.807, 2.05) is 0 Å². The Balaban J connectivity index is 1.62. The molecule has 2 aliphatic heterocycles. The molecule has 22 heavy (non-hydrogen) atoms. The number of aryl methyl sites for hydroxylation is 2. The molecule has 0 saturated carbocycles. The van der Waals surface area contributed by atoms with Gasteiger partial charge in [-0.3, -0.25) is 10.00 Å². The fraction of sp³-hybridized carbons (Fsp3) is 0.824. The van der Waals surface area contributed by atoms with E-state index in [-0.39, 0.29) is 0 Å². The third-order valence-corrected chi connectivity index (χ3v) is 5.49. The van der Waals surface area contributed by atoms with Crippen molar-refractivity contribution in [3.8, 4) is 0 Å². The second-order valence-corrected chi connectivity index (χ2v) is 6.90. The number of rotatable bonds is 5. The first-order valence-electron chi connectivity index (χ1n) is 8.75. The first kappa shape index (κ1) is 16.0. The number of hydrogen-bond acceptors (Lipinski definition) is 4. The Labute approximate surface area is 133 Å². The molecule has 0 spiro atoms. The molecule has 0 bridgehead atoms. The van der Waals surface area contributed by atoms with Crippen LogP contribution in [-0.4, -0.2) is 53.5 Å². The first-order valence-corrected chi connectivity index (χ1v) is 8.75. The van der Waals surface area contributed by atoms with Crippen molar-refractivity contribution in [1.29, 1.82) is 0 Å². The quantitative estimate of drug-likeness (QED) is 0.875. The maximum atomic E-state index is 5.64. The molecule has 2 fully saturated rings. The van der Waals surface area contributed by atoms with E-state index < -0.39 is 0 Å². The fourth-order valence-corrected chi connectivity index (χ4v) is 3.98. The van der Waals surface area contributed by atoms with Gasteiger partial charge in [-0.15, -0.1) is 0 Å². The van der Waals surface area contributed by atoms with E-state index in [0.717, 1.165) is 44.8 Å². The van der Waals surface area contributed by atoms with Crippen LogP contribution in [0.15, 0.2) is 0 Å². The van der Waals surface area contributed by atoms with Gasteiger partial charge in [0.1, 0.15) is 0 Å². The van der Waals surface area contributed by atoms with Gasteiger partial charge in [0.25, 0.3) is 0 Å². The predicted octanol–water partition coefficient (Wildman–Crippen LogP) is 2.15. The number of piperidine rings is 1. The SMILES string of the molecule is Cc1n[nH]c(C)c1CNCC1(N2CCCCC2)CCOCC1. The van der Waals surface area contributed by atoms with Crippen LogP contribution in [0, 0.1) is 13.8 Å². The monoisotopic (exact) mass is 306 g/mol. The lowest BCUT2D eigenvalue weighted by Crippen LogP contribution is -2.59. The molecular weight excluding hydrogens is 276 g/mol. The highest BCUT2D eigenvalue weighted by molar-refractivity contribution is 5.22.